The summed E-state index contributed by atoms with van der Waals surface area (Å²) < 4.78 is 7.30. The molecule has 1 aromatic heterocycles. The van der Waals surface area contributed by atoms with Crippen molar-refractivity contribution in [2.24, 2.45) is 0 Å². The van der Waals surface area contributed by atoms with E-state index in [1.165, 1.54) is 0 Å². The van der Waals surface area contributed by atoms with Gasteiger partial charge in [0.25, 0.3) is 0 Å². The van der Waals surface area contributed by atoms with Gasteiger partial charge in [-0.15, -0.1) is 0 Å². The van der Waals surface area contributed by atoms with Crippen LogP contribution in [0, 0.1) is 6.92 Å². The van der Waals surface area contributed by atoms with Gasteiger partial charge in [-0.25, -0.2) is 4.79 Å². The molecule has 1 heterocycles. The molecule has 0 spiro atoms. The van der Waals surface area contributed by atoms with Gasteiger partial charge < -0.3 is 9.30 Å². The van der Waals surface area contributed by atoms with Gasteiger partial charge >= 0.3 is 5.97 Å². The maximum absolute atomic E-state index is 12.7. The molecule has 0 aliphatic heterocycles. The zero-order valence-electron chi connectivity index (χ0n) is 13.5. The topological polar surface area (TPSA) is 48.3 Å². The number of ether oxygens (including phenoxy) is 1. The molecule has 0 saturated heterocycles. The van der Waals surface area contributed by atoms with Gasteiger partial charge in [0.2, 0.25) is 5.43 Å². The zero-order chi connectivity index (χ0) is 18.0. The maximum Gasteiger partial charge on any atom is 0.344 e. The minimum Gasteiger partial charge on any atom is -0.462 e. The zero-order valence-corrected chi connectivity index (χ0v) is 16.5. The largest absolute Gasteiger partial charge is 0.462 e. The lowest BCUT2D eigenvalue weighted by molar-refractivity contribution is 0.0525. The molecule has 0 unspecified atom stereocenters. The maximum atomic E-state index is 12.7. The van der Waals surface area contributed by atoms with Crippen LogP contribution in [0.1, 0.15) is 29.9 Å². The molecular formula is C17H16BrCl2NO3. The average molecular weight is 433 g/mol. The average Bonchev–Trinajstić information content (AvgIpc) is 2.55. The quantitative estimate of drug-likeness (QED) is 0.632. The second kappa shape index (κ2) is 7.72. The summed E-state index contributed by atoms with van der Waals surface area (Å²) in [4.78, 5) is 25.1. The van der Waals surface area contributed by atoms with E-state index in [0.29, 0.717) is 32.3 Å². The Labute approximate surface area is 158 Å². The monoisotopic (exact) mass is 431 g/mol. The Kier molecular flexibility index (Phi) is 6.12. The Morgan fingerprint density at radius 3 is 2.46 bits per heavy atom. The molecule has 0 N–H and O–H groups in total. The molecule has 128 valence electrons. The van der Waals surface area contributed by atoms with E-state index in [1.807, 2.05) is 18.4 Å². The molecule has 24 heavy (non-hydrogen) atoms. The van der Waals surface area contributed by atoms with Gasteiger partial charge in [-0.1, -0.05) is 29.3 Å². The summed E-state index contributed by atoms with van der Waals surface area (Å²) in [6.07, 6.45) is 0. The van der Waals surface area contributed by atoms with Crippen molar-refractivity contribution in [2.75, 3.05) is 6.61 Å². The third-order valence-corrected chi connectivity index (χ3v) is 5.32. The van der Waals surface area contributed by atoms with Crippen LogP contribution in [0.3, 0.4) is 0 Å². The molecule has 0 fully saturated rings. The van der Waals surface area contributed by atoms with E-state index in [0.717, 1.165) is 5.69 Å². The molecule has 1 aromatic carbocycles. The van der Waals surface area contributed by atoms with Gasteiger partial charge in [-0.05, 0) is 48.8 Å². The number of aromatic nitrogens is 1. The Balaban J connectivity index is 2.92. The predicted molar refractivity (Wildman–Crippen MR) is 100 cm³/mol. The number of rotatable bonds is 4. The van der Waals surface area contributed by atoms with Gasteiger partial charge in [0, 0.05) is 17.8 Å². The molecule has 0 atom stereocenters. The minimum absolute atomic E-state index is 0.0189. The Bertz CT molecular complexity index is 862. The summed E-state index contributed by atoms with van der Waals surface area (Å²) >= 11 is 15.4. The third-order valence-electron chi connectivity index (χ3n) is 3.64. The Morgan fingerprint density at radius 2 is 1.92 bits per heavy atom. The van der Waals surface area contributed by atoms with Crippen LogP contribution in [-0.4, -0.2) is 17.1 Å². The standard InChI is InChI=1S/C17H16BrCl2NO3/c1-4-21-9(3)14(18)16(22)13(17(23)24-5-2)15(21)10-6-7-11(19)12(20)8-10/h6-8H,4-5H2,1-3H3. The highest BCUT2D eigenvalue weighted by atomic mass is 79.9. The van der Waals surface area contributed by atoms with Crippen molar-refractivity contribution in [3.63, 3.8) is 0 Å². The molecule has 4 nitrogen and oxygen atoms in total. The molecule has 2 aromatic rings. The summed E-state index contributed by atoms with van der Waals surface area (Å²) in [7, 11) is 0. The number of benzene rings is 1. The third kappa shape index (κ3) is 3.39. The number of halogens is 3. The Hall–Kier alpha value is -1.30. The lowest BCUT2D eigenvalue weighted by Gasteiger charge is -2.20. The number of carbonyl (C=O) groups is 1. The fourth-order valence-electron chi connectivity index (χ4n) is 2.53. The Morgan fingerprint density at radius 1 is 1.25 bits per heavy atom. The number of hydrogen-bond acceptors (Lipinski definition) is 3. The molecule has 2 rings (SSSR count). The van der Waals surface area contributed by atoms with Crippen LogP contribution >= 0.6 is 39.1 Å². The molecule has 0 aliphatic carbocycles. The highest BCUT2D eigenvalue weighted by molar-refractivity contribution is 9.10. The van der Waals surface area contributed by atoms with Gasteiger partial charge in [-0.2, -0.15) is 0 Å². The second-order valence-electron chi connectivity index (χ2n) is 5.05. The van der Waals surface area contributed by atoms with E-state index >= 15 is 0 Å². The van der Waals surface area contributed by atoms with Gasteiger partial charge in [0.1, 0.15) is 5.56 Å². The molecule has 0 bridgehead atoms. The second-order valence-corrected chi connectivity index (χ2v) is 6.65. The van der Waals surface area contributed by atoms with E-state index in [2.05, 4.69) is 15.9 Å². The number of esters is 1. The number of hydrogen-bond donors (Lipinski definition) is 0. The first-order valence-corrected chi connectivity index (χ1v) is 8.93. The lowest BCUT2D eigenvalue weighted by Crippen LogP contribution is -2.25. The van der Waals surface area contributed by atoms with E-state index < -0.39 is 11.4 Å². The van der Waals surface area contributed by atoms with Crippen LogP contribution in [0.2, 0.25) is 10.0 Å². The van der Waals surface area contributed by atoms with Crippen LogP contribution in [0.25, 0.3) is 11.3 Å². The van der Waals surface area contributed by atoms with Gasteiger partial charge in [0.15, 0.2) is 0 Å². The van der Waals surface area contributed by atoms with Crippen LogP contribution in [0.15, 0.2) is 27.5 Å². The van der Waals surface area contributed by atoms with Crippen molar-refractivity contribution >= 4 is 45.1 Å². The SMILES string of the molecule is CCOC(=O)c1c(-c2ccc(Cl)c(Cl)c2)n(CC)c(C)c(Br)c1=O. The number of pyridine rings is 1. The molecule has 0 aliphatic rings. The first kappa shape index (κ1) is 19.0. The van der Waals surface area contributed by atoms with Gasteiger partial charge in [0.05, 0.1) is 26.8 Å². The molecular weight excluding hydrogens is 417 g/mol. The van der Waals surface area contributed by atoms with Crippen molar-refractivity contribution in [2.45, 2.75) is 27.3 Å². The van der Waals surface area contributed by atoms with Crippen molar-refractivity contribution < 1.29 is 9.53 Å². The van der Waals surface area contributed by atoms with Crippen LogP contribution in [-0.2, 0) is 11.3 Å². The van der Waals surface area contributed by atoms with E-state index in [1.54, 1.807) is 25.1 Å². The van der Waals surface area contributed by atoms with Crippen molar-refractivity contribution in [3.05, 3.63) is 54.2 Å². The summed E-state index contributed by atoms with van der Waals surface area (Å²) in [6, 6.07) is 5.00. The smallest absolute Gasteiger partial charge is 0.344 e. The van der Waals surface area contributed by atoms with E-state index in [-0.39, 0.29) is 12.2 Å². The summed E-state index contributed by atoms with van der Waals surface area (Å²) in [5, 5.41) is 0.747. The number of carbonyl (C=O) groups excluding carboxylic acids is 1. The highest BCUT2D eigenvalue weighted by Gasteiger charge is 2.25. The van der Waals surface area contributed by atoms with Crippen LogP contribution < -0.4 is 5.43 Å². The lowest BCUT2D eigenvalue weighted by atomic mass is 10.0. The first-order valence-electron chi connectivity index (χ1n) is 7.38. The van der Waals surface area contributed by atoms with Gasteiger partial charge in [-0.3, -0.25) is 4.79 Å². The van der Waals surface area contributed by atoms with Crippen LogP contribution in [0.4, 0.5) is 0 Å². The molecule has 7 heteroatoms. The molecule has 0 saturated carbocycles. The summed E-state index contributed by atoms with van der Waals surface area (Å²) in [5.74, 6) is -0.661. The highest BCUT2D eigenvalue weighted by Crippen LogP contribution is 2.32. The summed E-state index contributed by atoms with van der Waals surface area (Å²) in [5.41, 5.74) is 1.39. The van der Waals surface area contributed by atoms with E-state index in [9.17, 15) is 9.59 Å². The van der Waals surface area contributed by atoms with Crippen molar-refractivity contribution in [1.82, 2.24) is 4.57 Å². The normalized spacial score (nSPS) is 10.8. The van der Waals surface area contributed by atoms with Crippen molar-refractivity contribution in [1.29, 1.82) is 0 Å². The number of nitrogens with zero attached hydrogens (tertiary/aromatic N) is 1. The first-order chi connectivity index (χ1) is 11.3. The fourth-order valence-corrected chi connectivity index (χ4v) is 3.24. The minimum atomic E-state index is -0.661. The fraction of sp³-hybridized carbons (Fsp3) is 0.294. The van der Waals surface area contributed by atoms with Crippen molar-refractivity contribution in [3.8, 4) is 11.3 Å². The molecule has 0 amide bonds. The predicted octanol–water partition coefficient (Wildman–Crippen LogP) is 5.09. The van der Waals surface area contributed by atoms with Crippen LogP contribution in [0.5, 0.6) is 0 Å². The summed E-state index contributed by atoms with van der Waals surface area (Å²) in [6.45, 7) is 6.17. The van der Waals surface area contributed by atoms with E-state index in [4.69, 9.17) is 27.9 Å². The molecule has 0 radical (unpaired) electrons.